The summed E-state index contributed by atoms with van der Waals surface area (Å²) in [6.45, 7) is 4.84. The van der Waals surface area contributed by atoms with Crippen molar-refractivity contribution in [1.82, 2.24) is 9.80 Å². The van der Waals surface area contributed by atoms with Gasteiger partial charge in [-0.3, -0.25) is 9.69 Å². The lowest BCUT2D eigenvalue weighted by molar-refractivity contribution is -0.134. The molecule has 0 saturated heterocycles. The van der Waals surface area contributed by atoms with E-state index in [-0.39, 0.29) is 11.9 Å². The van der Waals surface area contributed by atoms with Gasteiger partial charge in [0.25, 0.3) is 0 Å². The number of carbonyl (C=O) groups is 1. The second-order valence-corrected chi connectivity index (χ2v) is 3.40. The van der Waals surface area contributed by atoms with Crippen molar-refractivity contribution in [1.29, 1.82) is 0 Å². The molecule has 3 nitrogen and oxygen atoms in total. The van der Waals surface area contributed by atoms with Gasteiger partial charge in [0.2, 0.25) is 5.91 Å². The first-order valence-electron chi connectivity index (χ1n) is 4.42. The van der Waals surface area contributed by atoms with Gasteiger partial charge in [-0.05, 0) is 27.4 Å². The lowest BCUT2D eigenvalue weighted by Crippen LogP contribution is -2.42. The second-order valence-electron chi connectivity index (χ2n) is 3.40. The number of carbonyl (C=O) groups excluding carboxylic acids is 1. The van der Waals surface area contributed by atoms with Crippen molar-refractivity contribution in [3.05, 3.63) is 0 Å². The predicted octanol–water partition coefficient (Wildman–Crippen LogP) is 0.805. The Balaban J connectivity index is 4.00. The molecule has 0 aliphatic rings. The Hall–Kier alpha value is -0.570. The molecular formula is C9H20N2O. The largest absolute Gasteiger partial charge is 0.344 e. The standard InChI is InChI=1S/C9H20N2O/c1-6-7-11(5)9(12)8(2)10(3)4/h8H,6-7H2,1-5H3. The topological polar surface area (TPSA) is 23.6 Å². The molecule has 12 heavy (non-hydrogen) atoms. The van der Waals surface area contributed by atoms with Crippen LogP contribution in [0.5, 0.6) is 0 Å². The van der Waals surface area contributed by atoms with E-state index in [2.05, 4.69) is 6.92 Å². The Bertz CT molecular complexity index is 145. The third-order valence-corrected chi connectivity index (χ3v) is 2.07. The van der Waals surface area contributed by atoms with Crippen molar-refractivity contribution in [2.75, 3.05) is 27.7 Å². The Morgan fingerprint density at radius 1 is 1.33 bits per heavy atom. The molecule has 0 aromatic rings. The third kappa shape index (κ3) is 3.22. The molecule has 72 valence electrons. The summed E-state index contributed by atoms with van der Waals surface area (Å²) >= 11 is 0. The van der Waals surface area contributed by atoms with Crippen LogP contribution in [0, 0.1) is 0 Å². The van der Waals surface area contributed by atoms with Gasteiger partial charge < -0.3 is 4.90 Å². The van der Waals surface area contributed by atoms with E-state index in [1.165, 1.54) is 0 Å². The fraction of sp³-hybridized carbons (Fsp3) is 0.889. The maximum absolute atomic E-state index is 11.6. The van der Waals surface area contributed by atoms with Crippen LogP contribution in [0.2, 0.25) is 0 Å². The first kappa shape index (κ1) is 11.4. The van der Waals surface area contributed by atoms with Gasteiger partial charge in [0.05, 0.1) is 6.04 Å². The summed E-state index contributed by atoms with van der Waals surface area (Å²) in [6.07, 6.45) is 1.02. The van der Waals surface area contributed by atoms with Crippen LogP contribution >= 0.6 is 0 Å². The fourth-order valence-electron chi connectivity index (χ4n) is 0.985. The summed E-state index contributed by atoms with van der Waals surface area (Å²) in [5.74, 6) is 0.196. The Kier molecular flexibility index (Phi) is 4.90. The zero-order valence-corrected chi connectivity index (χ0v) is 8.79. The van der Waals surface area contributed by atoms with E-state index < -0.39 is 0 Å². The SMILES string of the molecule is CCCN(C)C(=O)C(C)N(C)C. The van der Waals surface area contributed by atoms with Crippen molar-refractivity contribution < 1.29 is 4.79 Å². The highest BCUT2D eigenvalue weighted by molar-refractivity contribution is 5.81. The van der Waals surface area contributed by atoms with Gasteiger partial charge in [0.1, 0.15) is 0 Å². The molecule has 0 aromatic heterocycles. The molecule has 0 fully saturated rings. The number of likely N-dealkylation sites (N-methyl/N-ethyl adjacent to an activating group) is 2. The molecule has 1 amide bonds. The molecule has 0 aliphatic carbocycles. The number of rotatable bonds is 4. The molecule has 0 spiro atoms. The normalized spacial score (nSPS) is 13.2. The van der Waals surface area contributed by atoms with Crippen LogP contribution in [0.4, 0.5) is 0 Å². The Morgan fingerprint density at radius 3 is 2.17 bits per heavy atom. The van der Waals surface area contributed by atoms with E-state index in [1.54, 1.807) is 4.90 Å². The average molecular weight is 172 g/mol. The highest BCUT2D eigenvalue weighted by Crippen LogP contribution is 1.98. The summed E-state index contributed by atoms with van der Waals surface area (Å²) in [6, 6.07) is -0.0125. The quantitative estimate of drug-likeness (QED) is 0.626. The highest BCUT2D eigenvalue weighted by Gasteiger charge is 2.17. The van der Waals surface area contributed by atoms with Gasteiger partial charge in [-0.15, -0.1) is 0 Å². The van der Waals surface area contributed by atoms with Crippen LogP contribution < -0.4 is 0 Å². The predicted molar refractivity (Wildman–Crippen MR) is 51.1 cm³/mol. The molecule has 0 heterocycles. The zero-order valence-electron chi connectivity index (χ0n) is 8.79. The maximum Gasteiger partial charge on any atom is 0.239 e. The van der Waals surface area contributed by atoms with E-state index in [1.807, 2.05) is 33.0 Å². The highest BCUT2D eigenvalue weighted by atomic mass is 16.2. The van der Waals surface area contributed by atoms with E-state index in [4.69, 9.17) is 0 Å². The Labute approximate surface area is 75.3 Å². The number of nitrogens with zero attached hydrogens (tertiary/aromatic N) is 2. The molecule has 1 unspecified atom stereocenters. The van der Waals surface area contributed by atoms with Crippen LogP contribution in [-0.4, -0.2) is 49.4 Å². The van der Waals surface area contributed by atoms with Gasteiger partial charge in [-0.2, -0.15) is 0 Å². The van der Waals surface area contributed by atoms with Crippen molar-refractivity contribution in [3.8, 4) is 0 Å². The molecule has 0 aliphatic heterocycles. The lowest BCUT2D eigenvalue weighted by atomic mass is 10.2. The summed E-state index contributed by atoms with van der Waals surface area (Å²) in [4.78, 5) is 15.3. The second kappa shape index (κ2) is 5.14. The fourth-order valence-corrected chi connectivity index (χ4v) is 0.985. The maximum atomic E-state index is 11.6. The minimum Gasteiger partial charge on any atom is -0.344 e. The summed E-state index contributed by atoms with van der Waals surface area (Å²) in [5, 5.41) is 0. The number of amides is 1. The van der Waals surface area contributed by atoms with E-state index in [9.17, 15) is 4.79 Å². The molecule has 0 saturated carbocycles. The first-order valence-corrected chi connectivity index (χ1v) is 4.42. The molecule has 0 N–H and O–H groups in total. The van der Waals surface area contributed by atoms with Gasteiger partial charge in [0, 0.05) is 13.6 Å². The van der Waals surface area contributed by atoms with Crippen molar-refractivity contribution in [3.63, 3.8) is 0 Å². The first-order chi connectivity index (χ1) is 5.50. The van der Waals surface area contributed by atoms with Crippen molar-refractivity contribution in [2.24, 2.45) is 0 Å². The molecule has 3 heteroatoms. The third-order valence-electron chi connectivity index (χ3n) is 2.07. The van der Waals surface area contributed by atoms with Gasteiger partial charge in [-0.25, -0.2) is 0 Å². The van der Waals surface area contributed by atoms with Gasteiger partial charge >= 0.3 is 0 Å². The van der Waals surface area contributed by atoms with Crippen LogP contribution in [-0.2, 0) is 4.79 Å². The van der Waals surface area contributed by atoms with Gasteiger partial charge in [0.15, 0.2) is 0 Å². The van der Waals surface area contributed by atoms with Crippen LogP contribution in [0.25, 0.3) is 0 Å². The van der Waals surface area contributed by atoms with Crippen LogP contribution in [0.3, 0.4) is 0 Å². The molecular weight excluding hydrogens is 152 g/mol. The number of hydrogen-bond donors (Lipinski definition) is 0. The summed E-state index contributed by atoms with van der Waals surface area (Å²) in [5.41, 5.74) is 0. The lowest BCUT2D eigenvalue weighted by Gasteiger charge is -2.24. The van der Waals surface area contributed by atoms with E-state index in [0.29, 0.717) is 0 Å². The molecule has 1 atom stereocenters. The average Bonchev–Trinajstić information content (AvgIpc) is 2.02. The summed E-state index contributed by atoms with van der Waals surface area (Å²) < 4.78 is 0. The monoisotopic (exact) mass is 172 g/mol. The zero-order chi connectivity index (χ0) is 9.72. The van der Waals surface area contributed by atoms with Crippen LogP contribution in [0.1, 0.15) is 20.3 Å². The van der Waals surface area contributed by atoms with E-state index in [0.717, 1.165) is 13.0 Å². The minimum atomic E-state index is -0.0125. The smallest absolute Gasteiger partial charge is 0.239 e. The van der Waals surface area contributed by atoms with Crippen molar-refractivity contribution >= 4 is 5.91 Å². The van der Waals surface area contributed by atoms with Crippen molar-refractivity contribution in [2.45, 2.75) is 26.3 Å². The molecule has 0 rings (SSSR count). The van der Waals surface area contributed by atoms with Crippen LogP contribution in [0.15, 0.2) is 0 Å². The molecule has 0 radical (unpaired) electrons. The van der Waals surface area contributed by atoms with E-state index >= 15 is 0 Å². The minimum absolute atomic E-state index is 0.0125. The molecule has 0 aromatic carbocycles. The summed E-state index contributed by atoms with van der Waals surface area (Å²) in [7, 11) is 5.69. The number of hydrogen-bond acceptors (Lipinski definition) is 2. The molecule has 0 bridgehead atoms. The van der Waals surface area contributed by atoms with Gasteiger partial charge in [-0.1, -0.05) is 6.92 Å². The Morgan fingerprint density at radius 2 is 1.83 bits per heavy atom.